The first-order valence-electron chi connectivity index (χ1n) is 10.5. The lowest BCUT2D eigenvalue weighted by molar-refractivity contribution is -0.116. The number of carbonyl (C=O) groups is 1. The van der Waals surface area contributed by atoms with Crippen LogP contribution >= 0.6 is 11.8 Å². The van der Waals surface area contributed by atoms with Crippen molar-refractivity contribution in [2.24, 2.45) is 0 Å². The second-order valence-corrected chi connectivity index (χ2v) is 8.50. The number of benzene rings is 2. The van der Waals surface area contributed by atoms with Crippen LogP contribution in [0, 0.1) is 0 Å². The summed E-state index contributed by atoms with van der Waals surface area (Å²) in [5.74, 6) is 2.52. The van der Waals surface area contributed by atoms with E-state index in [9.17, 15) is 4.79 Å². The van der Waals surface area contributed by atoms with E-state index < -0.39 is 0 Å². The SMILES string of the molecule is COc1ccc(-c2nnc(SCC(=O)N3CCCN(C)c4nc5ccccc5nc43)o2)cc1. The van der Waals surface area contributed by atoms with Crippen molar-refractivity contribution in [3.63, 3.8) is 0 Å². The van der Waals surface area contributed by atoms with Gasteiger partial charge in [0, 0.05) is 25.7 Å². The summed E-state index contributed by atoms with van der Waals surface area (Å²) in [7, 11) is 3.59. The largest absolute Gasteiger partial charge is 0.497 e. The van der Waals surface area contributed by atoms with Crippen LogP contribution < -0.4 is 14.5 Å². The number of para-hydroxylation sites is 2. The average Bonchev–Trinajstić information content (AvgIpc) is 3.27. The molecule has 1 amide bonds. The van der Waals surface area contributed by atoms with Gasteiger partial charge in [-0.25, -0.2) is 9.97 Å². The molecule has 0 bridgehead atoms. The fourth-order valence-electron chi connectivity index (χ4n) is 3.66. The maximum atomic E-state index is 13.2. The number of amides is 1. The summed E-state index contributed by atoms with van der Waals surface area (Å²) in [5.41, 5.74) is 2.36. The first kappa shape index (κ1) is 21.2. The number of rotatable bonds is 5. The van der Waals surface area contributed by atoms with Gasteiger partial charge in [-0.1, -0.05) is 23.9 Å². The first-order valence-corrected chi connectivity index (χ1v) is 11.5. The molecular formula is C23H22N6O3S. The Hall–Kier alpha value is -3.66. The van der Waals surface area contributed by atoms with E-state index in [0.717, 1.165) is 35.3 Å². The number of ether oxygens (including phenoxy) is 1. The van der Waals surface area contributed by atoms with Crippen LogP contribution in [-0.2, 0) is 4.79 Å². The third-order valence-electron chi connectivity index (χ3n) is 5.39. The smallest absolute Gasteiger partial charge is 0.277 e. The quantitative estimate of drug-likeness (QED) is 0.412. The molecule has 0 fully saturated rings. The summed E-state index contributed by atoms with van der Waals surface area (Å²) < 4.78 is 10.9. The molecule has 1 aliphatic heterocycles. The molecule has 0 aliphatic carbocycles. The molecule has 0 unspecified atom stereocenters. The van der Waals surface area contributed by atoms with Gasteiger partial charge in [0.2, 0.25) is 11.8 Å². The van der Waals surface area contributed by atoms with Crippen LogP contribution in [0.15, 0.2) is 58.2 Å². The summed E-state index contributed by atoms with van der Waals surface area (Å²) in [6.45, 7) is 1.37. The Morgan fingerprint density at radius 1 is 1.03 bits per heavy atom. The number of carbonyl (C=O) groups excluding carboxylic acids is 1. The zero-order valence-electron chi connectivity index (χ0n) is 18.3. The lowest BCUT2D eigenvalue weighted by atomic mass is 10.2. The zero-order chi connectivity index (χ0) is 22.8. The number of hydrogen-bond donors (Lipinski definition) is 0. The predicted octanol–water partition coefficient (Wildman–Crippen LogP) is 3.65. The van der Waals surface area contributed by atoms with Crippen LogP contribution in [0.5, 0.6) is 5.75 Å². The second-order valence-electron chi connectivity index (χ2n) is 7.57. The minimum absolute atomic E-state index is 0.0784. The molecular weight excluding hydrogens is 440 g/mol. The van der Waals surface area contributed by atoms with Gasteiger partial charge < -0.3 is 14.1 Å². The first-order chi connectivity index (χ1) is 16.1. The van der Waals surface area contributed by atoms with Crippen LogP contribution in [0.1, 0.15) is 6.42 Å². The maximum absolute atomic E-state index is 13.2. The number of nitrogens with zero attached hydrogens (tertiary/aromatic N) is 6. The Labute approximate surface area is 194 Å². The molecule has 10 heteroatoms. The highest BCUT2D eigenvalue weighted by Crippen LogP contribution is 2.31. The van der Waals surface area contributed by atoms with Gasteiger partial charge in [0.25, 0.3) is 5.22 Å². The van der Waals surface area contributed by atoms with Gasteiger partial charge in [0.15, 0.2) is 11.6 Å². The van der Waals surface area contributed by atoms with Crippen LogP contribution in [0.4, 0.5) is 11.6 Å². The van der Waals surface area contributed by atoms with Gasteiger partial charge >= 0.3 is 0 Å². The molecule has 168 valence electrons. The Balaban J connectivity index is 1.33. The van der Waals surface area contributed by atoms with Gasteiger partial charge in [0.05, 0.1) is 23.9 Å². The Morgan fingerprint density at radius 3 is 2.48 bits per heavy atom. The number of methoxy groups -OCH3 is 1. The number of fused-ring (bicyclic) bond motifs is 2. The zero-order valence-corrected chi connectivity index (χ0v) is 19.1. The van der Waals surface area contributed by atoms with Crippen molar-refractivity contribution >= 4 is 40.3 Å². The second kappa shape index (κ2) is 9.07. The maximum Gasteiger partial charge on any atom is 0.277 e. The Morgan fingerprint density at radius 2 is 1.76 bits per heavy atom. The molecule has 0 N–H and O–H groups in total. The number of thioether (sulfide) groups is 1. The van der Waals surface area contributed by atoms with Gasteiger partial charge in [-0.15, -0.1) is 10.2 Å². The third kappa shape index (κ3) is 4.34. The van der Waals surface area contributed by atoms with Crippen LogP contribution in [-0.4, -0.2) is 59.1 Å². The topological polar surface area (TPSA) is 97.5 Å². The molecule has 1 aliphatic rings. The summed E-state index contributed by atoms with van der Waals surface area (Å²) in [5, 5.41) is 8.51. The van der Waals surface area contributed by atoms with Crippen LogP contribution in [0.3, 0.4) is 0 Å². The molecule has 2 aromatic heterocycles. The molecule has 5 rings (SSSR count). The van der Waals surface area contributed by atoms with E-state index in [2.05, 4.69) is 10.2 Å². The average molecular weight is 463 g/mol. The van der Waals surface area contributed by atoms with Crippen LogP contribution in [0.2, 0.25) is 0 Å². The highest BCUT2D eigenvalue weighted by Gasteiger charge is 2.27. The summed E-state index contributed by atoms with van der Waals surface area (Å²) in [6.07, 6.45) is 0.823. The summed E-state index contributed by atoms with van der Waals surface area (Å²) >= 11 is 1.21. The molecule has 0 spiro atoms. The van der Waals surface area contributed by atoms with E-state index in [0.29, 0.717) is 29.3 Å². The minimum atomic E-state index is -0.0784. The number of aromatic nitrogens is 4. The fourth-order valence-corrected chi connectivity index (χ4v) is 4.30. The van der Waals surface area contributed by atoms with Crippen molar-refractivity contribution in [3.8, 4) is 17.2 Å². The highest BCUT2D eigenvalue weighted by molar-refractivity contribution is 7.99. The molecule has 0 saturated carbocycles. The third-order valence-corrected chi connectivity index (χ3v) is 6.19. The van der Waals surface area contributed by atoms with Crippen molar-refractivity contribution in [1.29, 1.82) is 0 Å². The predicted molar refractivity (Wildman–Crippen MR) is 127 cm³/mol. The van der Waals surface area contributed by atoms with Crippen LogP contribution in [0.25, 0.3) is 22.5 Å². The number of anilines is 2. The van der Waals surface area contributed by atoms with Crippen molar-refractivity contribution in [2.75, 3.05) is 42.8 Å². The van der Waals surface area contributed by atoms with Gasteiger partial charge in [-0.2, -0.15) is 0 Å². The number of hydrogen-bond acceptors (Lipinski definition) is 9. The van der Waals surface area contributed by atoms with Crippen molar-refractivity contribution < 1.29 is 13.9 Å². The van der Waals surface area contributed by atoms with E-state index in [4.69, 9.17) is 19.1 Å². The normalized spacial score (nSPS) is 13.6. The minimum Gasteiger partial charge on any atom is -0.497 e. The van der Waals surface area contributed by atoms with E-state index in [1.807, 2.05) is 60.5 Å². The van der Waals surface area contributed by atoms with Gasteiger partial charge in [0.1, 0.15) is 5.75 Å². The molecule has 0 saturated heterocycles. The molecule has 0 atom stereocenters. The molecule has 2 aromatic carbocycles. The monoisotopic (exact) mass is 462 g/mol. The highest BCUT2D eigenvalue weighted by atomic mass is 32.2. The standard InChI is InChI=1S/C23H22N6O3S/c1-28-12-5-13-29(21-20(28)24-17-6-3-4-7-18(17)25-21)19(30)14-33-23-27-26-22(32-23)15-8-10-16(31-2)11-9-15/h3-4,6-11H,5,12-14H2,1-2H3. The molecule has 0 radical (unpaired) electrons. The lowest BCUT2D eigenvalue weighted by Gasteiger charge is -2.22. The Kier molecular flexibility index (Phi) is 5.82. The van der Waals surface area contributed by atoms with Gasteiger partial charge in [-0.3, -0.25) is 9.69 Å². The lowest BCUT2D eigenvalue weighted by Crippen LogP contribution is -2.33. The molecule has 4 aromatic rings. The van der Waals surface area contributed by atoms with E-state index in [-0.39, 0.29) is 11.7 Å². The van der Waals surface area contributed by atoms with E-state index in [1.165, 1.54) is 11.8 Å². The molecule has 9 nitrogen and oxygen atoms in total. The van der Waals surface area contributed by atoms with Crippen molar-refractivity contribution in [2.45, 2.75) is 11.6 Å². The van der Waals surface area contributed by atoms with Crippen molar-refractivity contribution in [3.05, 3.63) is 48.5 Å². The van der Waals surface area contributed by atoms with E-state index in [1.54, 1.807) is 12.0 Å². The van der Waals surface area contributed by atoms with Crippen molar-refractivity contribution in [1.82, 2.24) is 20.2 Å². The van der Waals surface area contributed by atoms with E-state index >= 15 is 0 Å². The summed E-state index contributed by atoms with van der Waals surface area (Å²) in [6, 6.07) is 15.0. The van der Waals surface area contributed by atoms with Gasteiger partial charge in [-0.05, 0) is 42.8 Å². The summed E-state index contributed by atoms with van der Waals surface area (Å²) in [4.78, 5) is 26.5. The molecule has 3 heterocycles. The fraction of sp³-hybridized carbons (Fsp3) is 0.261. The molecule has 33 heavy (non-hydrogen) atoms. The Bertz CT molecular complexity index is 1290.